The molecule has 3 heterocycles. The molecule has 2 atom stereocenters. The van der Waals surface area contributed by atoms with Gasteiger partial charge in [-0.2, -0.15) is 10.2 Å². The monoisotopic (exact) mass is 344 g/mol. The highest BCUT2D eigenvalue weighted by Crippen LogP contribution is 2.47. The summed E-state index contributed by atoms with van der Waals surface area (Å²) in [4.78, 5) is 19.4. The van der Waals surface area contributed by atoms with Gasteiger partial charge in [0, 0.05) is 37.4 Å². The minimum absolute atomic E-state index is 0.00245. The number of hydrogen-bond acceptors (Lipinski definition) is 5. The van der Waals surface area contributed by atoms with Gasteiger partial charge in [0.05, 0.1) is 0 Å². The summed E-state index contributed by atoms with van der Waals surface area (Å²) in [5, 5.41) is 14.4. The molecule has 2 aliphatic rings. The van der Waals surface area contributed by atoms with Gasteiger partial charge in [-0.15, -0.1) is 0 Å². The minimum Gasteiger partial charge on any atom is -0.377 e. The second-order valence-corrected chi connectivity index (χ2v) is 7.21. The zero-order chi connectivity index (χ0) is 17.6. The quantitative estimate of drug-likeness (QED) is 0.857. The number of aromatic amines is 2. The Morgan fingerprint density at radius 3 is 2.68 bits per heavy atom. The number of H-pyrrole nitrogens is 2. The topological polar surface area (TPSA) is 99.8 Å². The maximum atomic E-state index is 12.9. The predicted octanol–water partition coefficient (Wildman–Crippen LogP) is 1.56. The van der Waals surface area contributed by atoms with Gasteiger partial charge in [0.1, 0.15) is 6.61 Å². The number of carbonyl (C=O) groups excluding carboxylic acids is 1. The number of carbonyl (C=O) groups is 1. The first-order valence-corrected chi connectivity index (χ1v) is 8.79. The van der Waals surface area contributed by atoms with E-state index in [4.69, 9.17) is 4.74 Å². The molecular weight excluding hydrogens is 320 g/mol. The zero-order valence-electron chi connectivity index (χ0n) is 14.9. The Balaban J connectivity index is 1.56. The highest BCUT2D eigenvalue weighted by molar-refractivity contribution is 5.94. The summed E-state index contributed by atoms with van der Waals surface area (Å²) < 4.78 is 5.11. The Morgan fingerprint density at radius 1 is 1.24 bits per heavy atom. The van der Waals surface area contributed by atoms with Crippen molar-refractivity contribution >= 4 is 5.91 Å². The SMILES string of the molecule is COCc1nc([C@H]2CN(C(=O)c3n[nH]c(C)c3C)C[C@@H]2C2CC2)n[nH]1. The molecule has 1 aliphatic heterocycles. The Morgan fingerprint density at radius 2 is 2.04 bits per heavy atom. The Bertz CT molecular complexity index is 778. The molecule has 25 heavy (non-hydrogen) atoms. The summed E-state index contributed by atoms with van der Waals surface area (Å²) >= 11 is 0. The van der Waals surface area contributed by atoms with Gasteiger partial charge in [0.25, 0.3) is 5.91 Å². The van der Waals surface area contributed by atoms with Crippen molar-refractivity contribution in [2.45, 2.75) is 39.2 Å². The number of aryl methyl sites for hydroxylation is 1. The van der Waals surface area contributed by atoms with E-state index in [9.17, 15) is 4.79 Å². The van der Waals surface area contributed by atoms with Crippen molar-refractivity contribution in [2.24, 2.45) is 11.8 Å². The van der Waals surface area contributed by atoms with E-state index in [1.807, 2.05) is 18.7 Å². The van der Waals surface area contributed by atoms with Crippen molar-refractivity contribution in [1.29, 1.82) is 0 Å². The van der Waals surface area contributed by atoms with Crippen LogP contribution in [0, 0.1) is 25.7 Å². The molecular formula is C17H24N6O2. The van der Waals surface area contributed by atoms with Crippen molar-refractivity contribution < 1.29 is 9.53 Å². The third-order valence-electron chi connectivity index (χ3n) is 5.50. The predicted molar refractivity (Wildman–Crippen MR) is 90.0 cm³/mol. The van der Waals surface area contributed by atoms with E-state index < -0.39 is 0 Å². The van der Waals surface area contributed by atoms with Crippen LogP contribution in [0.25, 0.3) is 0 Å². The first-order valence-electron chi connectivity index (χ1n) is 8.79. The number of aromatic nitrogens is 5. The molecule has 0 spiro atoms. The van der Waals surface area contributed by atoms with E-state index in [1.54, 1.807) is 7.11 Å². The number of nitrogens with zero attached hydrogens (tertiary/aromatic N) is 4. The smallest absolute Gasteiger partial charge is 0.274 e. The van der Waals surface area contributed by atoms with Gasteiger partial charge in [0.2, 0.25) is 0 Å². The van der Waals surface area contributed by atoms with Crippen LogP contribution in [0.2, 0.25) is 0 Å². The summed E-state index contributed by atoms with van der Waals surface area (Å²) in [7, 11) is 1.64. The van der Waals surface area contributed by atoms with E-state index in [-0.39, 0.29) is 11.8 Å². The molecule has 1 saturated carbocycles. The van der Waals surface area contributed by atoms with Crippen molar-refractivity contribution in [1.82, 2.24) is 30.3 Å². The third-order valence-corrected chi connectivity index (χ3v) is 5.50. The van der Waals surface area contributed by atoms with E-state index in [0.717, 1.165) is 29.5 Å². The lowest BCUT2D eigenvalue weighted by Gasteiger charge is -2.15. The van der Waals surface area contributed by atoms with E-state index in [1.165, 1.54) is 12.8 Å². The van der Waals surface area contributed by atoms with Crippen LogP contribution in [0.15, 0.2) is 0 Å². The molecule has 134 valence electrons. The summed E-state index contributed by atoms with van der Waals surface area (Å²) in [6, 6.07) is 0. The normalized spacial score (nSPS) is 23.4. The molecule has 0 bridgehead atoms. The first-order chi connectivity index (χ1) is 12.1. The Kier molecular flexibility index (Phi) is 4.07. The van der Waals surface area contributed by atoms with E-state index in [0.29, 0.717) is 30.7 Å². The summed E-state index contributed by atoms with van der Waals surface area (Å²) in [5.41, 5.74) is 2.40. The van der Waals surface area contributed by atoms with Crippen LogP contribution in [0.4, 0.5) is 0 Å². The molecule has 2 aromatic rings. The van der Waals surface area contributed by atoms with Crippen molar-refractivity contribution in [3.05, 3.63) is 28.6 Å². The van der Waals surface area contributed by atoms with Crippen molar-refractivity contribution in [3.8, 4) is 0 Å². The standard InChI is InChI=1S/C17H24N6O2/c1-9-10(2)19-21-15(9)17(24)23-6-12(11-4-5-11)13(7-23)16-18-14(8-25-3)20-22-16/h11-13H,4-8H2,1-3H3,(H,19,21)(H,18,20,22)/t12-,13+/m1/s1. The van der Waals surface area contributed by atoms with E-state index >= 15 is 0 Å². The van der Waals surface area contributed by atoms with Crippen LogP contribution in [0.1, 0.15) is 52.2 Å². The second-order valence-electron chi connectivity index (χ2n) is 7.21. The molecule has 0 unspecified atom stereocenters. The van der Waals surface area contributed by atoms with Crippen LogP contribution < -0.4 is 0 Å². The molecule has 2 aromatic heterocycles. The molecule has 1 saturated heterocycles. The number of rotatable bonds is 5. The number of nitrogens with one attached hydrogen (secondary N) is 2. The lowest BCUT2D eigenvalue weighted by Crippen LogP contribution is -2.30. The fraction of sp³-hybridized carbons (Fsp3) is 0.647. The van der Waals surface area contributed by atoms with Crippen LogP contribution in [-0.4, -0.2) is 56.4 Å². The fourth-order valence-corrected chi connectivity index (χ4v) is 3.79. The lowest BCUT2D eigenvalue weighted by atomic mass is 9.91. The van der Waals surface area contributed by atoms with Gasteiger partial charge in [-0.25, -0.2) is 4.98 Å². The highest BCUT2D eigenvalue weighted by atomic mass is 16.5. The number of methoxy groups -OCH3 is 1. The van der Waals surface area contributed by atoms with Gasteiger partial charge in [-0.1, -0.05) is 0 Å². The van der Waals surface area contributed by atoms with E-state index in [2.05, 4.69) is 25.4 Å². The molecule has 2 fully saturated rings. The van der Waals surface area contributed by atoms with Crippen LogP contribution in [0.5, 0.6) is 0 Å². The number of hydrogen-bond donors (Lipinski definition) is 2. The molecule has 0 aromatic carbocycles. The van der Waals surface area contributed by atoms with Crippen molar-refractivity contribution in [3.63, 3.8) is 0 Å². The Hall–Kier alpha value is -2.22. The summed E-state index contributed by atoms with van der Waals surface area (Å²) in [5.74, 6) is 2.82. The fourth-order valence-electron chi connectivity index (χ4n) is 3.79. The minimum atomic E-state index is 0.00245. The lowest BCUT2D eigenvalue weighted by molar-refractivity contribution is 0.0778. The van der Waals surface area contributed by atoms with Gasteiger partial charge < -0.3 is 9.64 Å². The molecule has 8 heteroatoms. The van der Waals surface area contributed by atoms with Crippen LogP contribution in [-0.2, 0) is 11.3 Å². The largest absolute Gasteiger partial charge is 0.377 e. The maximum absolute atomic E-state index is 12.9. The van der Waals surface area contributed by atoms with Crippen molar-refractivity contribution in [2.75, 3.05) is 20.2 Å². The Labute approximate surface area is 146 Å². The van der Waals surface area contributed by atoms with Crippen LogP contribution in [0.3, 0.4) is 0 Å². The average molecular weight is 344 g/mol. The molecule has 8 nitrogen and oxygen atoms in total. The van der Waals surface area contributed by atoms with Gasteiger partial charge >= 0.3 is 0 Å². The summed E-state index contributed by atoms with van der Waals surface area (Å²) in [6.07, 6.45) is 2.47. The first kappa shape index (κ1) is 16.3. The molecule has 1 amide bonds. The van der Waals surface area contributed by atoms with Gasteiger partial charge in [0.15, 0.2) is 17.3 Å². The molecule has 1 aliphatic carbocycles. The molecule has 0 radical (unpaired) electrons. The molecule has 4 rings (SSSR count). The second kappa shape index (κ2) is 6.25. The van der Waals surface area contributed by atoms with Gasteiger partial charge in [-0.05, 0) is 38.5 Å². The number of ether oxygens (including phenoxy) is 1. The maximum Gasteiger partial charge on any atom is 0.274 e. The highest BCUT2D eigenvalue weighted by Gasteiger charge is 2.46. The molecule has 2 N–H and O–H groups in total. The summed E-state index contributed by atoms with van der Waals surface area (Å²) in [6.45, 7) is 5.69. The average Bonchev–Trinajstić information content (AvgIpc) is 3.03. The van der Waals surface area contributed by atoms with Gasteiger partial charge in [-0.3, -0.25) is 15.0 Å². The van der Waals surface area contributed by atoms with Crippen LogP contribution >= 0.6 is 0 Å². The third kappa shape index (κ3) is 2.95. The zero-order valence-corrected chi connectivity index (χ0v) is 14.9. The number of amides is 1. The number of likely N-dealkylation sites (tertiary alicyclic amines) is 1.